The number of carbonyl (C=O) groups excluding carboxylic acids is 2. The van der Waals surface area contributed by atoms with Crippen LogP contribution >= 0.6 is 11.6 Å². The maximum Gasteiger partial charge on any atom is 0.336 e. The summed E-state index contributed by atoms with van der Waals surface area (Å²) < 4.78 is 0. The molecule has 0 bridgehead atoms. The van der Waals surface area contributed by atoms with Gasteiger partial charge in [-0.25, -0.2) is 4.79 Å². The van der Waals surface area contributed by atoms with E-state index in [0.29, 0.717) is 10.9 Å². The topological polar surface area (TPSA) is 87.6 Å². The molecule has 1 aromatic heterocycles. The Labute approximate surface area is 202 Å². The fourth-order valence-electron chi connectivity index (χ4n) is 4.01. The molecule has 0 unspecified atom stereocenters. The van der Waals surface area contributed by atoms with Crippen molar-refractivity contribution in [1.82, 2.24) is 4.98 Å². The van der Waals surface area contributed by atoms with Crippen molar-refractivity contribution in [3.63, 3.8) is 0 Å². The van der Waals surface area contributed by atoms with E-state index in [1.54, 1.807) is 12.3 Å². The lowest BCUT2D eigenvalue weighted by atomic mass is 9.96. The highest BCUT2D eigenvalue weighted by Gasteiger charge is 2.33. The van der Waals surface area contributed by atoms with E-state index in [4.69, 9.17) is 11.6 Å². The average Bonchev–Trinajstić information content (AvgIpc) is 3.76. The van der Waals surface area contributed by atoms with Gasteiger partial charge in [0.1, 0.15) is 5.69 Å². The Kier molecular flexibility index (Phi) is 5.92. The summed E-state index contributed by atoms with van der Waals surface area (Å²) in [5.41, 5.74) is 2.29. The number of Topliss-reactive ketones (excluding diaryl/α,β-unsaturated/α-hetero) is 1. The number of benzene rings is 2. The molecule has 1 N–H and O–H groups in total. The largest absolute Gasteiger partial charge is 0.478 e. The van der Waals surface area contributed by atoms with Crippen molar-refractivity contribution in [3.8, 4) is 0 Å². The lowest BCUT2D eigenvalue weighted by Crippen LogP contribution is -2.20. The third-order valence-electron chi connectivity index (χ3n) is 6.29. The summed E-state index contributed by atoms with van der Waals surface area (Å²) in [4.78, 5) is 43.8. The van der Waals surface area contributed by atoms with E-state index in [1.807, 2.05) is 30.3 Å². The standard InChI is InChI=1S/C27H23ClN2O4/c28-19-6-8-20(9-7-19)30(15-16-1-2-16)21-10-12-24(29-14-21)26(32)18-5-11-22(23(13-18)27(33)34)25(31)17-3-4-17/h5-14,16-17H,1-4,15H2,(H,33,34). The number of anilines is 2. The summed E-state index contributed by atoms with van der Waals surface area (Å²) in [6, 6.07) is 15.3. The minimum atomic E-state index is -1.22. The molecule has 2 aromatic carbocycles. The van der Waals surface area contributed by atoms with Crippen LogP contribution in [0.5, 0.6) is 0 Å². The normalized spacial score (nSPS) is 15.1. The van der Waals surface area contributed by atoms with Gasteiger partial charge in [-0.2, -0.15) is 0 Å². The number of carboxylic acid groups (broad SMARTS) is 1. The first kappa shape index (κ1) is 22.3. The summed E-state index contributed by atoms with van der Waals surface area (Å²) in [5, 5.41) is 10.3. The van der Waals surface area contributed by atoms with Crippen LogP contribution < -0.4 is 4.90 Å². The lowest BCUT2D eigenvalue weighted by molar-refractivity contribution is 0.0691. The SMILES string of the molecule is O=C(c1ccc(C(=O)C2CC2)c(C(=O)O)c1)c1ccc(N(CC2CC2)c2ccc(Cl)cc2)cn1. The minimum absolute atomic E-state index is 0.104. The van der Waals surface area contributed by atoms with E-state index in [9.17, 15) is 19.5 Å². The molecule has 0 spiro atoms. The fraction of sp³-hybridized carbons (Fsp3) is 0.259. The number of aromatic carboxylic acids is 1. The van der Waals surface area contributed by atoms with Crippen LogP contribution in [-0.2, 0) is 0 Å². The van der Waals surface area contributed by atoms with E-state index in [2.05, 4.69) is 9.88 Å². The third kappa shape index (κ3) is 4.73. The van der Waals surface area contributed by atoms with Gasteiger partial charge in [-0.1, -0.05) is 17.7 Å². The maximum absolute atomic E-state index is 13.1. The molecule has 0 aliphatic heterocycles. The molecular weight excluding hydrogens is 452 g/mol. The number of ketones is 2. The molecule has 2 saturated carbocycles. The number of pyridine rings is 1. The van der Waals surface area contributed by atoms with Crippen LogP contribution in [0.1, 0.15) is 62.5 Å². The molecule has 2 aliphatic rings. The lowest BCUT2D eigenvalue weighted by Gasteiger charge is -2.25. The van der Waals surface area contributed by atoms with E-state index >= 15 is 0 Å². The molecule has 0 radical (unpaired) electrons. The molecular formula is C27H23ClN2O4. The molecule has 2 fully saturated rings. The Morgan fingerprint density at radius 2 is 1.62 bits per heavy atom. The summed E-state index contributed by atoms with van der Waals surface area (Å²) in [6.07, 6.45) is 5.61. The van der Waals surface area contributed by atoms with Gasteiger partial charge in [0.2, 0.25) is 5.78 Å². The molecule has 7 heteroatoms. The van der Waals surface area contributed by atoms with Crippen molar-refractivity contribution < 1.29 is 19.5 Å². The van der Waals surface area contributed by atoms with Crippen LogP contribution in [-0.4, -0.2) is 34.2 Å². The van der Waals surface area contributed by atoms with Crippen LogP contribution in [0.4, 0.5) is 11.4 Å². The summed E-state index contributed by atoms with van der Waals surface area (Å²) in [6.45, 7) is 0.856. The first-order valence-electron chi connectivity index (χ1n) is 11.4. The third-order valence-corrected chi connectivity index (χ3v) is 6.55. The summed E-state index contributed by atoms with van der Waals surface area (Å²) in [7, 11) is 0. The Balaban J connectivity index is 1.40. The average molecular weight is 475 g/mol. The molecule has 6 nitrogen and oxygen atoms in total. The number of carboxylic acids is 1. The van der Waals surface area contributed by atoms with Gasteiger partial charge in [-0.05, 0) is 80.1 Å². The second kappa shape index (κ2) is 9.03. The molecule has 0 atom stereocenters. The van der Waals surface area contributed by atoms with Crippen LogP contribution in [0.3, 0.4) is 0 Å². The zero-order valence-electron chi connectivity index (χ0n) is 18.4. The highest BCUT2D eigenvalue weighted by atomic mass is 35.5. The molecule has 34 heavy (non-hydrogen) atoms. The Hall–Kier alpha value is -3.51. The summed E-state index contributed by atoms with van der Waals surface area (Å²) >= 11 is 6.05. The molecule has 2 aliphatic carbocycles. The van der Waals surface area contributed by atoms with Crippen molar-refractivity contribution in [3.05, 3.63) is 88.2 Å². The van der Waals surface area contributed by atoms with E-state index < -0.39 is 5.97 Å². The zero-order chi connectivity index (χ0) is 23.8. The van der Waals surface area contributed by atoms with Crippen LogP contribution in [0.15, 0.2) is 60.8 Å². The number of rotatable bonds is 9. The van der Waals surface area contributed by atoms with Gasteiger partial charge in [0.25, 0.3) is 0 Å². The van der Waals surface area contributed by atoms with Gasteiger partial charge in [0, 0.05) is 34.3 Å². The molecule has 172 valence electrons. The number of halogens is 1. The number of hydrogen-bond donors (Lipinski definition) is 1. The van der Waals surface area contributed by atoms with Gasteiger partial charge in [-0.3, -0.25) is 14.6 Å². The zero-order valence-corrected chi connectivity index (χ0v) is 19.2. The van der Waals surface area contributed by atoms with Crippen molar-refractivity contribution in [2.45, 2.75) is 25.7 Å². The van der Waals surface area contributed by atoms with Gasteiger partial charge in [0.15, 0.2) is 5.78 Å². The molecule has 0 amide bonds. The van der Waals surface area contributed by atoms with Crippen molar-refractivity contribution >= 4 is 40.5 Å². The molecule has 0 saturated heterocycles. The molecule has 5 rings (SSSR count). The van der Waals surface area contributed by atoms with Crippen molar-refractivity contribution in [1.29, 1.82) is 0 Å². The van der Waals surface area contributed by atoms with Crippen molar-refractivity contribution in [2.24, 2.45) is 11.8 Å². The second-order valence-electron chi connectivity index (χ2n) is 8.97. The first-order valence-corrected chi connectivity index (χ1v) is 11.7. The van der Waals surface area contributed by atoms with E-state index in [-0.39, 0.29) is 39.9 Å². The van der Waals surface area contributed by atoms with E-state index in [0.717, 1.165) is 30.8 Å². The maximum atomic E-state index is 13.1. The highest BCUT2D eigenvalue weighted by Crippen LogP contribution is 2.36. The second-order valence-corrected chi connectivity index (χ2v) is 9.40. The number of nitrogens with zero attached hydrogens (tertiary/aromatic N) is 2. The highest BCUT2D eigenvalue weighted by molar-refractivity contribution is 6.30. The van der Waals surface area contributed by atoms with E-state index in [1.165, 1.54) is 31.0 Å². The van der Waals surface area contributed by atoms with Gasteiger partial charge >= 0.3 is 5.97 Å². The van der Waals surface area contributed by atoms with Gasteiger partial charge in [-0.15, -0.1) is 0 Å². The van der Waals surface area contributed by atoms with Gasteiger partial charge < -0.3 is 10.0 Å². The molecule has 3 aromatic rings. The number of hydrogen-bond acceptors (Lipinski definition) is 5. The Bertz CT molecular complexity index is 1260. The monoisotopic (exact) mass is 474 g/mol. The van der Waals surface area contributed by atoms with Gasteiger partial charge in [0.05, 0.1) is 17.4 Å². The van der Waals surface area contributed by atoms with Crippen LogP contribution in [0.2, 0.25) is 5.02 Å². The van der Waals surface area contributed by atoms with Crippen LogP contribution in [0.25, 0.3) is 0 Å². The minimum Gasteiger partial charge on any atom is -0.478 e. The van der Waals surface area contributed by atoms with Crippen LogP contribution in [0, 0.1) is 11.8 Å². The Morgan fingerprint density at radius 1 is 0.912 bits per heavy atom. The molecule has 1 heterocycles. The quantitative estimate of drug-likeness (QED) is 0.394. The number of carbonyl (C=O) groups is 3. The summed E-state index contributed by atoms with van der Waals surface area (Å²) in [5.74, 6) is -1.26. The Morgan fingerprint density at radius 3 is 2.21 bits per heavy atom. The first-order chi connectivity index (χ1) is 16.4. The predicted molar refractivity (Wildman–Crippen MR) is 129 cm³/mol. The smallest absolute Gasteiger partial charge is 0.336 e. The fourth-order valence-corrected chi connectivity index (χ4v) is 4.14. The number of aromatic nitrogens is 1. The van der Waals surface area contributed by atoms with Crippen molar-refractivity contribution in [2.75, 3.05) is 11.4 Å². The predicted octanol–water partition coefficient (Wildman–Crippen LogP) is 5.81.